The first-order valence-corrected chi connectivity index (χ1v) is 8.18. The average molecular weight is 379 g/mol. The van der Waals surface area contributed by atoms with Crippen LogP contribution in [0.15, 0.2) is 53.0 Å². The molecule has 3 rings (SSSR count). The molecular formula is C17H16BrFN2O2. The highest BCUT2D eigenvalue weighted by molar-refractivity contribution is 9.10. The highest BCUT2D eigenvalue weighted by atomic mass is 79.9. The van der Waals surface area contributed by atoms with Crippen LogP contribution in [0.4, 0.5) is 4.39 Å². The van der Waals surface area contributed by atoms with Gasteiger partial charge in [0, 0.05) is 28.0 Å². The Morgan fingerprint density at radius 2 is 1.96 bits per heavy atom. The molecule has 0 amide bonds. The lowest BCUT2D eigenvalue weighted by Gasteiger charge is -2.15. The lowest BCUT2D eigenvalue weighted by Crippen LogP contribution is -2.28. The van der Waals surface area contributed by atoms with Gasteiger partial charge in [-0.15, -0.1) is 0 Å². The summed E-state index contributed by atoms with van der Waals surface area (Å²) in [4.78, 5) is 13.2. The number of likely N-dealkylation sites (tertiary alicyclic amines) is 1. The summed E-state index contributed by atoms with van der Waals surface area (Å²) in [5.74, 6) is -0.821. The molecule has 1 heterocycles. The number of hydrogen-bond acceptors (Lipinski definition) is 3. The van der Waals surface area contributed by atoms with Crippen molar-refractivity contribution in [3.8, 4) is 0 Å². The van der Waals surface area contributed by atoms with Crippen LogP contribution in [0.2, 0.25) is 0 Å². The molecule has 1 aliphatic heterocycles. The van der Waals surface area contributed by atoms with E-state index in [1.807, 2.05) is 35.2 Å². The lowest BCUT2D eigenvalue weighted by molar-refractivity contribution is -0.521. The SMILES string of the molecule is O=[N+]([O-])C1CN(Cc2ccccc2)CC1c1cc(Br)ccc1F. The van der Waals surface area contributed by atoms with E-state index in [0.717, 1.165) is 10.0 Å². The zero-order valence-corrected chi connectivity index (χ0v) is 13.9. The van der Waals surface area contributed by atoms with Crippen molar-refractivity contribution in [1.29, 1.82) is 0 Å². The van der Waals surface area contributed by atoms with Crippen LogP contribution in [0.5, 0.6) is 0 Å². The molecule has 4 nitrogen and oxygen atoms in total. The second kappa shape index (κ2) is 6.76. The van der Waals surface area contributed by atoms with Crippen LogP contribution >= 0.6 is 15.9 Å². The standard InChI is InChI=1S/C17H16BrFN2O2/c18-13-6-7-16(19)14(8-13)15-10-20(11-17(15)21(22)23)9-12-4-2-1-3-5-12/h1-8,15,17H,9-11H2. The molecular weight excluding hydrogens is 363 g/mol. The maximum atomic E-state index is 14.2. The van der Waals surface area contributed by atoms with Gasteiger partial charge in [-0.2, -0.15) is 0 Å². The highest BCUT2D eigenvalue weighted by Crippen LogP contribution is 2.33. The molecule has 0 N–H and O–H groups in total. The van der Waals surface area contributed by atoms with Gasteiger partial charge >= 0.3 is 0 Å². The van der Waals surface area contributed by atoms with Gasteiger partial charge in [-0.05, 0) is 23.8 Å². The summed E-state index contributed by atoms with van der Waals surface area (Å²) in [7, 11) is 0. The lowest BCUT2D eigenvalue weighted by atomic mass is 9.94. The summed E-state index contributed by atoms with van der Waals surface area (Å²) in [6, 6.07) is 13.6. The van der Waals surface area contributed by atoms with E-state index < -0.39 is 12.0 Å². The predicted molar refractivity (Wildman–Crippen MR) is 89.3 cm³/mol. The van der Waals surface area contributed by atoms with Crippen LogP contribution in [0.1, 0.15) is 17.0 Å². The van der Waals surface area contributed by atoms with Gasteiger partial charge in [0.2, 0.25) is 6.04 Å². The zero-order valence-electron chi connectivity index (χ0n) is 12.4. The summed E-state index contributed by atoms with van der Waals surface area (Å²) < 4.78 is 14.9. The minimum absolute atomic E-state index is 0.282. The van der Waals surface area contributed by atoms with Crippen LogP contribution in [0.25, 0.3) is 0 Å². The maximum Gasteiger partial charge on any atom is 0.233 e. The molecule has 120 valence electrons. The maximum absolute atomic E-state index is 14.2. The Morgan fingerprint density at radius 3 is 2.65 bits per heavy atom. The van der Waals surface area contributed by atoms with Crippen molar-refractivity contribution >= 4 is 15.9 Å². The third-order valence-electron chi connectivity index (χ3n) is 4.24. The topological polar surface area (TPSA) is 46.4 Å². The molecule has 6 heteroatoms. The molecule has 2 atom stereocenters. The largest absolute Gasteiger partial charge is 0.292 e. The summed E-state index contributed by atoms with van der Waals surface area (Å²) in [5, 5.41) is 11.4. The zero-order chi connectivity index (χ0) is 16.4. The predicted octanol–water partition coefficient (Wildman–Crippen LogP) is 3.83. The van der Waals surface area contributed by atoms with Crippen LogP contribution in [0.3, 0.4) is 0 Å². The van der Waals surface area contributed by atoms with Gasteiger partial charge < -0.3 is 0 Å². The van der Waals surface area contributed by atoms with Gasteiger partial charge in [0.15, 0.2) is 0 Å². The summed E-state index contributed by atoms with van der Waals surface area (Å²) in [6.45, 7) is 1.45. The molecule has 0 bridgehead atoms. The van der Waals surface area contributed by atoms with Crippen molar-refractivity contribution in [2.24, 2.45) is 0 Å². The first-order valence-electron chi connectivity index (χ1n) is 7.39. The molecule has 0 spiro atoms. The van der Waals surface area contributed by atoms with Gasteiger partial charge in [-0.25, -0.2) is 4.39 Å². The first kappa shape index (κ1) is 16.1. The Kier molecular flexibility index (Phi) is 4.73. The van der Waals surface area contributed by atoms with E-state index in [1.165, 1.54) is 6.07 Å². The van der Waals surface area contributed by atoms with E-state index in [4.69, 9.17) is 0 Å². The van der Waals surface area contributed by atoms with E-state index in [2.05, 4.69) is 15.9 Å². The number of rotatable bonds is 4. The summed E-state index contributed by atoms with van der Waals surface area (Å²) >= 11 is 3.32. The van der Waals surface area contributed by atoms with E-state index in [0.29, 0.717) is 25.2 Å². The molecule has 2 aromatic rings. The van der Waals surface area contributed by atoms with Crippen molar-refractivity contribution in [2.45, 2.75) is 18.5 Å². The van der Waals surface area contributed by atoms with Crippen molar-refractivity contribution in [1.82, 2.24) is 4.90 Å². The monoisotopic (exact) mass is 378 g/mol. The molecule has 1 fully saturated rings. The third-order valence-corrected chi connectivity index (χ3v) is 4.74. The number of benzene rings is 2. The van der Waals surface area contributed by atoms with E-state index in [1.54, 1.807) is 12.1 Å². The quantitative estimate of drug-likeness (QED) is 0.599. The van der Waals surface area contributed by atoms with Gasteiger partial charge in [0.05, 0.1) is 12.5 Å². The van der Waals surface area contributed by atoms with E-state index in [-0.39, 0.29) is 10.7 Å². The highest BCUT2D eigenvalue weighted by Gasteiger charge is 2.43. The Balaban J connectivity index is 1.84. The molecule has 0 radical (unpaired) electrons. The molecule has 0 saturated carbocycles. The van der Waals surface area contributed by atoms with Gasteiger partial charge in [0.1, 0.15) is 5.82 Å². The minimum atomic E-state index is -0.789. The molecule has 1 aliphatic rings. The number of nitro groups is 1. The van der Waals surface area contributed by atoms with Gasteiger partial charge in [-0.3, -0.25) is 15.0 Å². The van der Waals surface area contributed by atoms with Crippen LogP contribution in [0, 0.1) is 15.9 Å². The fraction of sp³-hybridized carbons (Fsp3) is 0.294. The Hall–Kier alpha value is -1.79. The molecule has 1 saturated heterocycles. The Morgan fingerprint density at radius 1 is 1.22 bits per heavy atom. The number of hydrogen-bond donors (Lipinski definition) is 0. The van der Waals surface area contributed by atoms with Crippen LogP contribution in [-0.2, 0) is 6.54 Å². The Bertz CT molecular complexity index is 711. The molecule has 0 aromatic heterocycles. The average Bonchev–Trinajstić information content (AvgIpc) is 2.94. The Labute approximate surface area is 142 Å². The number of nitrogens with zero attached hydrogens (tertiary/aromatic N) is 2. The van der Waals surface area contributed by atoms with Crippen LogP contribution < -0.4 is 0 Å². The molecule has 0 aliphatic carbocycles. The van der Waals surface area contributed by atoms with E-state index >= 15 is 0 Å². The first-order chi connectivity index (χ1) is 11.0. The van der Waals surface area contributed by atoms with Crippen molar-refractivity contribution in [3.05, 3.63) is 80.1 Å². The van der Waals surface area contributed by atoms with Gasteiger partial charge in [0.25, 0.3) is 0 Å². The van der Waals surface area contributed by atoms with Crippen molar-refractivity contribution < 1.29 is 9.31 Å². The molecule has 2 unspecified atom stereocenters. The van der Waals surface area contributed by atoms with Crippen LogP contribution in [-0.4, -0.2) is 29.0 Å². The number of halogens is 2. The summed E-state index contributed by atoms with van der Waals surface area (Å²) in [5.41, 5.74) is 1.52. The minimum Gasteiger partial charge on any atom is -0.292 e. The fourth-order valence-corrected chi connectivity index (χ4v) is 3.53. The second-order valence-electron chi connectivity index (χ2n) is 5.80. The fourth-order valence-electron chi connectivity index (χ4n) is 3.15. The van der Waals surface area contributed by atoms with Crippen molar-refractivity contribution in [2.75, 3.05) is 13.1 Å². The normalized spacial score (nSPS) is 21.5. The molecule has 2 aromatic carbocycles. The molecule has 23 heavy (non-hydrogen) atoms. The third kappa shape index (κ3) is 3.59. The van der Waals surface area contributed by atoms with Gasteiger partial charge in [-0.1, -0.05) is 46.3 Å². The summed E-state index contributed by atoms with van der Waals surface area (Å²) in [6.07, 6.45) is 0. The van der Waals surface area contributed by atoms with E-state index in [9.17, 15) is 14.5 Å². The van der Waals surface area contributed by atoms with Crippen molar-refractivity contribution in [3.63, 3.8) is 0 Å². The smallest absolute Gasteiger partial charge is 0.233 e. The second-order valence-corrected chi connectivity index (χ2v) is 6.72.